The number of hydrogen-bond acceptors (Lipinski definition) is 4. The van der Waals surface area contributed by atoms with Crippen molar-refractivity contribution in [3.8, 4) is 0 Å². The lowest BCUT2D eigenvalue weighted by molar-refractivity contribution is -0.134. The van der Waals surface area contributed by atoms with E-state index in [4.69, 9.17) is 0 Å². The number of likely N-dealkylation sites (tertiary alicyclic amines) is 1. The van der Waals surface area contributed by atoms with Crippen LogP contribution in [0.4, 0.5) is 0 Å². The second-order valence-electron chi connectivity index (χ2n) is 5.69. The number of benzene rings is 1. The zero-order valence-corrected chi connectivity index (χ0v) is 13.8. The molecular weight excluding hydrogens is 300 g/mol. The molecule has 1 N–H and O–H groups in total. The lowest BCUT2D eigenvalue weighted by Crippen LogP contribution is -2.49. The Morgan fingerprint density at radius 1 is 1.38 bits per heavy atom. The molecule has 0 aliphatic carbocycles. The molecule has 2 fully saturated rings. The maximum absolute atomic E-state index is 12.5. The summed E-state index contributed by atoms with van der Waals surface area (Å²) in [5.41, 5.74) is 0. The van der Waals surface area contributed by atoms with Gasteiger partial charge in [-0.05, 0) is 30.9 Å². The summed E-state index contributed by atoms with van der Waals surface area (Å²) in [6, 6.07) is 10.6. The zero-order valence-electron chi connectivity index (χ0n) is 12.2. The Morgan fingerprint density at radius 2 is 2.24 bits per heavy atom. The molecule has 0 radical (unpaired) electrons. The molecule has 2 heterocycles. The Labute approximate surface area is 135 Å². The molecule has 5 heteroatoms. The number of carbonyl (C=O) groups is 1. The van der Waals surface area contributed by atoms with E-state index in [1.807, 2.05) is 23.5 Å². The van der Waals surface area contributed by atoms with Crippen LogP contribution < -0.4 is 5.32 Å². The molecule has 0 aromatic heterocycles. The summed E-state index contributed by atoms with van der Waals surface area (Å²) in [6.45, 7) is 1.87. The largest absolute Gasteiger partial charge is 0.341 e. The molecule has 1 amide bonds. The van der Waals surface area contributed by atoms with Crippen LogP contribution in [0.15, 0.2) is 35.2 Å². The second-order valence-corrected chi connectivity index (χ2v) is 7.81. The molecular formula is C16H22N2OS2. The Hall–Kier alpha value is -0.650. The number of thioether (sulfide) groups is 2. The van der Waals surface area contributed by atoms with Crippen LogP contribution in [0, 0.1) is 5.92 Å². The number of rotatable bonds is 4. The molecule has 1 aromatic rings. The van der Waals surface area contributed by atoms with Gasteiger partial charge < -0.3 is 4.90 Å². The van der Waals surface area contributed by atoms with Gasteiger partial charge in [-0.1, -0.05) is 18.2 Å². The van der Waals surface area contributed by atoms with E-state index in [1.165, 1.54) is 11.3 Å². The molecule has 2 aliphatic rings. The highest BCUT2D eigenvalue weighted by Gasteiger charge is 2.30. The maximum Gasteiger partial charge on any atom is 0.240 e. The van der Waals surface area contributed by atoms with Gasteiger partial charge in [0, 0.05) is 35.4 Å². The van der Waals surface area contributed by atoms with Gasteiger partial charge in [-0.3, -0.25) is 10.1 Å². The van der Waals surface area contributed by atoms with Crippen LogP contribution in [0.3, 0.4) is 0 Å². The first kappa shape index (κ1) is 15.3. The van der Waals surface area contributed by atoms with Crippen LogP contribution >= 0.6 is 23.5 Å². The summed E-state index contributed by atoms with van der Waals surface area (Å²) in [7, 11) is 0. The van der Waals surface area contributed by atoms with Crippen LogP contribution in [0.1, 0.15) is 12.8 Å². The van der Waals surface area contributed by atoms with Crippen molar-refractivity contribution in [3.63, 3.8) is 0 Å². The Bertz CT molecular complexity index is 463. The molecule has 2 unspecified atom stereocenters. The predicted molar refractivity (Wildman–Crippen MR) is 90.7 cm³/mol. The van der Waals surface area contributed by atoms with Crippen molar-refractivity contribution in [1.82, 2.24) is 10.2 Å². The first-order chi connectivity index (χ1) is 10.3. The van der Waals surface area contributed by atoms with Crippen LogP contribution in [-0.4, -0.2) is 47.3 Å². The fraction of sp³-hybridized carbons (Fsp3) is 0.562. The normalized spacial score (nSPS) is 26.0. The minimum absolute atomic E-state index is 0.0514. The number of amides is 1. The Morgan fingerprint density at radius 3 is 3.00 bits per heavy atom. The summed E-state index contributed by atoms with van der Waals surface area (Å²) in [5, 5.41) is 3.29. The molecule has 3 rings (SSSR count). The summed E-state index contributed by atoms with van der Waals surface area (Å²) in [6.07, 6.45) is 2.39. The quantitative estimate of drug-likeness (QED) is 0.864. The van der Waals surface area contributed by atoms with Gasteiger partial charge in [-0.15, -0.1) is 23.5 Å². The number of piperidine rings is 1. The SMILES string of the molecule is O=C(C1CSCN1)N1CCCC(CSc2ccccc2)C1. The third-order valence-corrected chi connectivity index (χ3v) is 6.26. The van der Waals surface area contributed by atoms with Crippen LogP contribution in [0.25, 0.3) is 0 Å². The predicted octanol–water partition coefficient (Wildman–Crippen LogP) is 2.68. The lowest BCUT2D eigenvalue weighted by Gasteiger charge is -2.34. The topological polar surface area (TPSA) is 32.3 Å². The number of nitrogens with one attached hydrogen (secondary N) is 1. The van der Waals surface area contributed by atoms with Crippen molar-refractivity contribution in [1.29, 1.82) is 0 Å². The summed E-state index contributed by atoms with van der Waals surface area (Å²) >= 11 is 3.74. The van der Waals surface area contributed by atoms with E-state index in [9.17, 15) is 4.79 Å². The van der Waals surface area contributed by atoms with Crippen molar-refractivity contribution in [2.45, 2.75) is 23.8 Å². The Kier molecular flexibility index (Phi) is 5.49. The number of carbonyl (C=O) groups excluding carboxylic acids is 1. The van der Waals surface area contributed by atoms with Gasteiger partial charge >= 0.3 is 0 Å². The van der Waals surface area contributed by atoms with Gasteiger partial charge in [0.05, 0.1) is 6.04 Å². The smallest absolute Gasteiger partial charge is 0.240 e. The molecule has 2 atom stereocenters. The lowest BCUT2D eigenvalue weighted by atomic mass is 9.99. The van der Waals surface area contributed by atoms with E-state index in [-0.39, 0.29) is 6.04 Å². The second kappa shape index (κ2) is 7.56. The first-order valence-corrected chi connectivity index (χ1v) is 9.75. The zero-order chi connectivity index (χ0) is 14.5. The molecule has 1 aromatic carbocycles. The highest BCUT2D eigenvalue weighted by atomic mass is 32.2. The molecule has 114 valence electrons. The minimum Gasteiger partial charge on any atom is -0.341 e. The van der Waals surface area contributed by atoms with Crippen molar-refractivity contribution in [3.05, 3.63) is 30.3 Å². The third-order valence-electron chi connectivity index (χ3n) is 4.07. The van der Waals surface area contributed by atoms with Gasteiger partial charge in [0.25, 0.3) is 0 Å². The Balaban J connectivity index is 1.49. The molecule has 0 spiro atoms. The molecule has 0 bridgehead atoms. The maximum atomic E-state index is 12.5. The summed E-state index contributed by atoms with van der Waals surface area (Å²) < 4.78 is 0. The summed E-state index contributed by atoms with van der Waals surface area (Å²) in [5.74, 6) is 3.90. The van der Waals surface area contributed by atoms with Crippen molar-refractivity contribution in [2.24, 2.45) is 5.92 Å². The minimum atomic E-state index is 0.0514. The molecule has 2 aliphatic heterocycles. The third kappa shape index (κ3) is 4.18. The van der Waals surface area contributed by atoms with Crippen molar-refractivity contribution >= 4 is 29.4 Å². The molecule has 2 saturated heterocycles. The van der Waals surface area contributed by atoms with Crippen molar-refractivity contribution in [2.75, 3.05) is 30.5 Å². The van der Waals surface area contributed by atoms with E-state index in [1.54, 1.807) is 0 Å². The standard InChI is InChI=1S/C16H22N2OS2/c19-16(15-11-20-12-17-15)18-8-4-5-13(9-18)10-21-14-6-2-1-3-7-14/h1-3,6-7,13,15,17H,4-5,8-12H2. The van der Waals surface area contributed by atoms with Gasteiger partial charge in [0.15, 0.2) is 0 Å². The fourth-order valence-electron chi connectivity index (χ4n) is 2.91. The molecule has 21 heavy (non-hydrogen) atoms. The summed E-state index contributed by atoms with van der Waals surface area (Å²) in [4.78, 5) is 15.9. The average molecular weight is 322 g/mol. The van der Waals surface area contributed by atoms with Gasteiger partial charge in [-0.2, -0.15) is 0 Å². The van der Waals surface area contributed by atoms with Crippen LogP contribution in [-0.2, 0) is 4.79 Å². The highest BCUT2D eigenvalue weighted by Crippen LogP contribution is 2.26. The van der Waals surface area contributed by atoms with E-state index in [2.05, 4.69) is 40.5 Å². The van der Waals surface area contributed by atoms with Crippen molar-refractivity contribution < 1.29 is 4.79 Å². The van der Waals surface area contributed by atoms with E-state index >= 15 is 0 Å². The monoisotopic (exact) mass is 322 g/mol. The fourth-order valence-corrected chi connectivity index (χ4v) is 4.89. The number of nitrogens with zero attached hydrogens (tertiary/aromatic N) is 1. The van der Waals surface area contributed by atoms with Gasteiger partial charge in [0.1, 0.15) is 0 Å². The van der Waals surface area contributed by atoms with E-state index in [0.717, 1.165) is 36.9 Å². The molecule has 0 saturated carbocycles. The van der Waals surface area contributed by atoms with Gasteiger partial charge in [0.2, 0.25) is 5.91 Å². The highest BCUT2D eigenvalue weighted by molar-refractivity contribution is 7.99. The average Bonchev–Trinajstić information content (AvgIpc) is 3.08. The molecule has 3 nitrogen and oxygen atoms in total. The van der Waals surface area contributed by atoms with E-state index in [0.29, 0.717) is 11.8 Å². The number of hydrogen-bond donors (Lipinski definition) is 1. The van der Waals surface area contributed by atoms with Crippen LogP contribution in [0.5, 0.6) is 0 Å². The first-order valence-electron chi connectivity index (χ1n) is 7.60. The van der Waals surface area contributed by atoms with Gasteiger partial charge in [-0.25, -0.2) is 0 Å². The van der Waals surface area contributed by atoms with E-state index < -0.39 is 0 Å². The van der Waals surface area contributed by atoms with Crippen LogP contribution in [0.2, 0.25) is 0 Å².